The molecule has 2 aliphatic heterocycles. The molecule has 2 saturated heterocycles. The lowest BCUT2D eigenvalue weighted by Gasteiger charge is -2.45. The molecule has 5 nitrogen and oxygen atoms in total. The highest BCUT2D eigenvalue weighted by Crippen LogP contribution is 2.33. The van der Waals surface area contributed by atoms with E-state index in [-0.39, 0.29) is 23.5 Å². The number of carbonyl (C=O) groups excluding carboxylic acids is 2. The number of carbonyl (C=O) groups is 2. The fourth-order valence-corrected chi connectivity index (χ4v) is 2.94. The van der Waals surface area contributed by atoms with Crippen molar-refractivity contribution in [2.75, 3.05) is 0 Å². The molecule has 0 aromatic carbocycles. The van der Waals surface area contributed by atoms with Crippen LogP contribution in [-0.2, 0) is 4.79 Å². The van der Waals surface area contributed by atoms with Crippen LogP contribution >= 0.6 is 0 Å². The lowest BCUT2D eigenvalue weighted by atomic mass is 9.75. The predicted molar refractivity (Wildman–Crippen MR) is 59.9 cm³/mol. The van der Waals surface area contributed by atoms with E-state index in [9.17, 15) is 9.59 Å². The van der Waals surface area contributed by atoms with Crippen molar-refractivity contribution in [3.8, 4) is 0 Å². The Kier molecular flexibility index (Phi) is 2.45. The van der Waals surface area contributed by atoms with E-state index in [0.29, 0.717) is 12.8 Å². The number of nitrogens with one attached hydrogen (secondary N) is 3. The molecule has 16 heavy (non-hydrogen) atoms. The fraction of sp³-hybridized carbons (Fsp3) is 0.818. The van der Waals surface area contributed by atoms with Crippen molar-refractivity contribution in [1.29, 1.82) is 0 Å². The van der Waals surface area contributed by atoms with Crippen LogP contribution in [0.25, 0.3) is 0 Å². The summed E-state index contributed by atoms with van der Waals surface area (Å²) in [5.41, 5.74) is -0.833. The van der Waals surface area contributed by atoms with Crippen molar-refractivity contribution in [2.45, 2.75) is 57.2 Å². The van der Waals surface area contributed by atoms with Crippen LogP contribution in [0.15, 0.2) is 0 Å². The van der Waals surface area contributed by atoms with Gasteiger partial charge in [0.2, 0.25) is 0 Å². The summed E-state index contributed by atoms with van der Waals surface area (Å²) < 4.78 is 0. The highest BCUT2D eigenvalue weighted by Gasteiger charge is 2.53. The van der Waals surface area contributed by atoms with E-state index in [1.165, 1.54) is 0 Å². The maximum Gasteiger partial charge on any atom is 0.322 e. The normalized spacial score (nSPS) is 37.3. The highest BCUT2D eigenvalue weighted by molar-refractivity contribution is 6.07. The summed E-state index contributed by atoms with van der Waals surface area (Å²) in [7, 11) is 0. The Hall–Kier alpha value is -1.10. The molecule has 2 rings (SSSR count). The minimum Gasteiger partial charge on any atom is -0.323 e. The van der Waals surface area contributed by atoms with Gasteiger partial charge in [0.1, 0.15) is 5.54 Å². The third-order valence-electron chi connectivity index (χ3n) is 3.44. The zero-order valence-corrected chi connectivity index (χ0v) is 10.0. The molecule has 3 N–H and O–H groups in total. The first-order valence-corrected chi connectivity index (χ1v) is 5.78. The van der Waals surface area contributed by atoms with Crippen LogP contribution in [0.1, 0.15) is 40.0 Å². The SMILES string of the molecule is CCC1CC2(CC(C)(C)N1)NC(=O)NC2=O. The van der Waals surface area contributed by atoms with Gasteiger partial charge in [-0.3, -0.25) is 10.1 Å². The molecule has 0 aliphatic carbocycles. The number of piperidine rings is 1. The minimum atomic E-state index is -0.702. The summed E-state index contributed by atoms with van der Waals surface area (Å²) in [5, 5.41) is 8.64. The molecular weight excluding hydrogens is 206 g/mol. The van der Waals surface area contributed by atoms with Crippen molar-refractivity contribution in [3.05, 3.63) is 0 Å². The topological polar surface area (TPSA) is 70.2 Å². The molecule has 0 saturated carbocycles. The first-order chi connectivity index (χ1) is 7.37. The van der Waals surface area contributed by atoms with Crippen LogP contribution in [-0.4, -0.2) is 29.1 Å². The Labute approximate surface area is 95.3 Å². The van der Waals surface area contributed by atoms with Gasteiger partial charge in [-0.1, -0.05) is 6.92 Å². The van der Waals surface area contributed by atoms with Gasteiger partial charge in [0.15, 0.2) is 0 Å². The van der Waals surface area contributed by atoms with Crippen LogP contribution in [0.2, 0.25) is 0 Å². The van der Waals surface area contributed by atoms with E-state index < -0.39 is 5.54 Å². The van der Waals surface area contributed by atoms with Gasteiger partial charge >= 0.3 is 6.03 Å². The maximum atomic E-state index is 11.9. The molecule has 3 amide bonds. The van der Waals surface area contributed by atoms with Crippen LogP contribution in [0.3, 0.4) is 0 Å². The lowest BCUT2D eigenvalue weighted by molar-refractivity contribution is -0.126. The Balaban J connectivity index is 2.27. The molecule has 2 fully saturated rings. The Morgan fingerprint density at radius 3 is 2.56 bits per heavy atom. The van der Waals surface area contributed by atoms with Gasteiger partial charge in [0.05, 0.1) is 0 Å². The Morgan fingerprint density at radius 2 is 2.06 bits per heavy atom. The first-order valence-electron chi connectivity index (χ1n) is 5.78. The molecule has 2 heterocycles. The molecule has 5 heteroatoms. The second-order valence-electron chi connectivity index (χ2n) is 5.50. The number of urea groups is 1. The Morgan fingerprint density at radius 1 is 1.38 bits per heavy atom. The molecule has 2 atom stereocenters. The van der Waals surface area contributed by atoms with Crippen molar-refractivity contribution < 1.29 is 9.59 Å². The number of imide groups is 1. The number of hydrogen-bond acceptors (Lipinski definition) is 3. The largest absolute Gasteiger partial charge is 0.323 e. The number of hydrogen-bond donors (Lipinski definition) is 3. The van der Waals surface area contributed by atoms with Crippen LogP contribution < -0.4 is 16.0 Å². The average molecular weight is 225 g/mol. The summed E-state index contributed by atoms with van der Waals surface area (Å²) in [5.74, 6) is -0.175. The second kappa shape index (κ2) is 3.45. The van der Waals surface area contributed by atoms with E-state index in [1.807, 2.05) is 0 Å². The van der Waals surface area contributed by atoms with Gasteiger partial charge in [-0.25, -0.2) is 4.79 Å². The van der Waals surface area contributed by atoms with E-state index in [1.54, 1.807) is 0 Å². The van der Waals surface area contributed by atoms with Gasteiger partial charge in [0, 0.05) is 11.6 Å². The molecule has 0 aromatic heterocycles. The van der Waals surface area contributed by atoms with E-state index in [4.69, 9.17) is 0 Å². The molecule has 1 spiro atoms. The minimum absolute atomic E-state index is 0.131. The smallest absolute Gasteiger partial charge is 0.322 e. The van der Waals surface area contributed by atoms with Crippen molar-refractivity contribution in [3.63, 3.8) is 0 Å². The zero-order valence-electron chi connectivity index (χ0n) is 10.0. The molecule has 0 bridgehead atoms. The summed E-state index contributed by atoms with van der Waals surface area (Å²) in [6.07, 6.45) is 2.26. The van der Waals surface area contributed by atoms with Gasteiger partial charge in [-0.05, 0) is 33.1 Å². The third kappa shape index (κ3) is 1.80. The standard InChI is InChI=1S/C11H19N3O2/c1-4-7-5-11(6-10(2,3)13-7)8(15)12-9(16)14-11/h7,13H,4-6H2,1-3H3,(H2,12,14,15,16). The maximum absolute atomic E-state index is 11.9. The molecular formula is C11H19N3O2. The van der Waals surface area contributed by atoms with Crippen LogP contribution in [0.4, 0.5) is 4.79 Å². The summed E-state index contributed by atoms with van der Waals surface area (Å²) in [4.78, 5) is 23.2. The predicted octanol–water partition coefficient (Wildman–Crippen LogP) is 0.505. The quantitative estimate of drug-likeness (QED) is 0.569. The molecule has 0 radical (unpaired) electrons. The average Bonchev–Trinajstić information content (AvgIpc) is 2.38. The van der Waals surface area contributed by atoms with Gasteiger partial charge in [0.25, 0.3) is 5.91 Å². The van der Waals surface area contributed by atoms with Crippen molar-refractivity contribution in [1.82, 2.24) is 16.0 Å². The van der Waals surface area contributed by atoms with Crippen molar-refractivity contribution in [2.24, 2.45) is 0 Å². The summed E-state index contributed by atoms with van der Waals surface area (Å²) in [6.45, 7) is 6.21. The van der Waals surface area contributed by atoms with Crippen LogP contribution in [0, 0.1) is 0 Å². The lowest BCUT2D eigenvalue weighted by Crippen LogP contribution is -2.64. The number of amides is 3. The molecule has 2 unspecified atom stereocenters. The number of rotatable bonds is 1. The first kappa shape index (κ1) is 11.4. The molecule has 2 aliphatic rings. The zero-order chi connectivity index (χ0) is 12.0. The highest BCUT2D eigenvalue weighted by atomic mass is 16.2. The van der Waals surface area contributed by atoms with Gasteiger partial charge in [-0.15, -0.1) is 0 Å². The van der Waals surface area contributed by atoms with Crippen LogP contribution in [0.5, 0.6) is 0 Å². The third-order valence-corrected chi connectivity index (χ3v) is 3.44. The van der Waals surface area contributed by atoms with E-state index >= 15 is 0 Å². The Bertz CT molecular complexity index is 340. The molecule has 90 valence electrons. The van der Waals surface area contributed by atoms with Gasteiger partial charge in [-0.2, -0.15) is 0 Å². The second-order valence-corrected chi connectivity index (χ2v) is 5.50. The molecule has 0 aromatic rings. The van der Waals surface area contributed by atoms with Crippen molar-refractivity contribution >= 4 is 11.9 Å². The van der Waals surface area contributed by atoms with Gasteiger partial charge < -0.3 is 10.6 Å². The summed E-state index contributed by atoms with van der Waals surface area (Å²) in [6, 6.07) is -0.0922. The monoisotopic (exact) mass is 225 g/mol. The van der Waals surface area contributed by atoms with E-state index in [2.05, 4.69) is 36.7 Å². The van der Waals surface area contributed by atoms with E-state index in [0.717, 1.165) is 6.42 Å². The summed E-state index contributed by atoms with van der Waals surface area (Å²) >= 11 is 0. The fourth-order valence-electron chi connectivity index (χ4n) is 2.94.